The first-order valence-electron chi connectivity index (χ1n) is 7.13. The largest absolute Gasteiger partial charge is 0.478 e. The molecule has 2 rings (SSSR count). The lowest BCUT2D eigenvalue weighted by Gasteiger charge is -2.24. The standard InChI is InChI=1S/C16H20O4S/c1-21(19,20)14-9-7-13(8-10-14)15(11-16(17)18)12-5-3-2-4-6-12/h7-12H,2-6H2,1H3,(H,17,18)/b15-11+. The van der Waals surface area contributed by atoms with Crippen LogP contribution in [-0.2, 0) is 14.6 Å². The van der Waals surface area contributed by atoms with E-state index in [2.05, 4.69) is 0 Å². The minimum atomic E-state index is -3.23. The van der Waals surface area contributed by atoms with Crippen molar-refractivity contribution >= 4 is 21.4 Å². The zero-order valence-corrected chi connectivity index (χ0v) is 12.9. The molecule has 114 valence electrons. The van der Waals surface area contributed by atoms with Crippen LogP contribution < -0.4 is 0 Å². The van der Waals surface area contributed by atoms with Crippen LogP contribution >= 0.6 is 0 Å². The van der Waals surface area contributed by atoms with Gasteiger partial charge in [0.1, 0.15) is 0 Å². The summed E-state index contributed by atoms with van der Waals surface area (Å²) in [5.41, 5.74) is 1.61. The summed E-state index contributed by atoms with van der Waals surface area (Å²) in [6, 6.07) is 6.51. The average Bonchev–Trinajstić information content (AvgIpc) is 2.45. The molecule has 0 unspecified atom stereocenters. The first-order chi connectivity index (χ1) is 9.88. The van der Waals surface area contributed by atoms with Crippen LogP contribution in [0.3, 0.4) is 0 Å². The van der Waals surface area contributed by atoms with Crippen LogP contribution in [0.2, 0.25) is 0 Å². The fraction of sp³-hybridized carbons (Fsp3) is 0.438. The van der Waals surface area contributed by atoms with E-state index in [4.69, 9.17) is 5.11 Å². The van der Waals surface area contributed by atoms with Crippen molar-refractivity contribution in [1.29, 1.82) is 0 Å². The van der Waals surface area contributed by atoms with Crippen molar-refractivity contribution in [2.75, 3.05) is 6.26 Å². The van der Waals surface area contributed by atoms with E-state index in [1.54, 1.807) is 24.3 Å². The van der Waals surface area contributed by atoms with Crippen molar-refractivity contribution in [3.05, 3.63) is 35.9 Å². The molecule has 0 aliphatic heterocycles. The van der Waals surface area contributed by atoms with E-state index in [1.807, 2.05) is 0 Å². The minimum absolute atomic E-state index is 0.249. The van der Waals surface area contributed by atoms with E-state index in [-0.39, 0.29) is 10.8 Å². The maximum atomic E-state index is 11.5. The molecule has 1 aromatic carbocycles. The van der Waals surface area contributed by atoms with Gasteiger partial charge in [-0.2, -0.15) is 0 Å². The van der Waals surface area contributed by atoms with Crippen LogP contribution in [0.15, 0.2) is 35.2 Å². The molecule has 1 fully saturated rings. The maximum absolute atomic E-state index is 11.5. The van der Waals surface area contributed by atoms with Crippen LogP contribution in [0.5, 0.6) is 0 Å². The first-order valence-corrected chi connectivity index (χ1v) is 9.02. The molecule has 1 aliphatic carbocycles. The molecule has 0 amide bonds. The normalized spacial score (nSPS) is 17.7. The first kappa shape index (κ1) is 15.8. The number of benzene rings is 1. The molecule has 0 aromatic heterocycles. The van der Waals surface area contributed by atoms with E-state index in [0.717, 1.165) is 43.1 Å². The number of aliphatic carboxylic acids is 1. The van der Waals surface area contributed by atoms with E-state index >= 15 is 0 Å². The number of hydrogen-bond donors (Lipinski definition) is 1. The summed E-state index contributed by atoms with van der Waals surface area (Å²) < 4.78 is 23.0. The second-order valence-electron chi connectivity index (χ2n) is 5.57. The fourth-order valence-electron chi connectivity index (χ4n) is 2.88. The summed E-state index contributed by atoms with van der Waals surface area (Å²) in [5, 5.41) is 9.09. The predicted molar refractivity (Wildman–Crippen MR) is 81.7 cm³/mol. The van der Waals surface area contributed by atoms with E-state index in [9.17, 15) is 13.2 Å². The molecular weight excluding hydrogens is 288 g/mol. The summed E-state index contributed by atoms with van der Waals surface area (Å²) >= 11 is 0. The third-order valence-electron chi connectivity index (χ3n) is 3.94. The van der Waals surface area contributed by atoms with Crippen molar-refractivity contribution < 1.29 is 18.3 Å². The van der Waals surface area contributed by atoms with Gasteiger partial charge in [-0.3, -0.25) is 0 Å². The zero-order valence-electron chi connectivity index (χ0n) is 12.1. The van der Waals surface area contributed by atoms with Gasteiger partial charge in [0.2, 0.25) is 0 Å². The van der Waals surface area contributed by atoms with Crippen molar-refractivity contribution in [2.24, 2.45) is 5.92 Å². The minimum Gasteiger partial charge on any atom is -0.478 e. The molecule has 1 saturated carbocycles. The Morgan fingerprint density at radius 2 is 1.71 bits per heavy atom. The van der Waals surface area contributed by atoms with Crippen LogP contribution in [0.4, 0.5) is 0 Å². The third-order valence-corrected chi connectivity index (χ3v) is 5.07. The highest BCUT2D eigenvalue weighted by Crippen LogP contribution is 2.35. The van der Waals surface area contributed by atoms with Crippen molar-refractivity contribution in [3.8, 4) is 0 Å². The smallest absolute Gasteiger partial charge is 0.328 e. The van der Waals surface area contributed by atoms with Crippen molar-refractivity contribution in [2.45, 2.75) is 37.0 Å². The van der Waals surface area contributed by atoms with Crippen LogP contribution in [0.1, 0.15) is 37.7 Å². The Kier molecular flexibility index (Phi) is 4.83. The Morgan fingerprint density at radius 1 is 1.14 bits per heavy atom. The summed E-state index contributed by atoms with van der Waals surface area (Å²) in [4.78, 5) is 11.3. The topological polar surface area (TPSA) is 71.4 Å². The zero-order chi connectivity index (χ0) is 15.5. The molecule has 0 atom stereocenters. The van der Waals surface area contributed by atoms with Gasteiger partial charge in [0, 0.05) is 12.3 Å². The fourth-order valence-corrected chi connectivity index (χ4v) is 3.51. The molecule has 1 aliphatic rings. The van der Waals surface area contributed by atoms with Gasteiger partial charge in [0.05, 0.1) is 4.90 Å². The Balaban J connectivity index is 2.35. The molecule has 4 nitrogen and oxygen atoms in total. The Morgan fingerprint density at radius 3 is 2.19 bits per heavy atom. The van der Waals surface area contributed by atoms with Gasteiger partial charge in [-0.15, -0.1) is 0 Å². The molecule has 21 heavy (non-hydrogen) atoms. The number of carbonyl (C=O) groups is 1. The molecule has 0 bridgehead atoms. The quantitative estimate of drug-likeness (QED) is 0.867. The van der Waals surface area contributed by atoms with Gasteiger partial charge in [-0.1, -0.05) is 31.4 Å². The second kappa shape index (κ2) is 6.43. The van der Waals surface area contributed by atoms with Crippen molar-refractivity contribution in [3.63, 3.8) is 0 Å². The highest BCUT2D eigenvalue weighted by Gasteiger charge is 2.20. The van der Waals surface area contributed by atoms with Crippen LogP contribution in [0, 0.1) is 5.92 Å². The highest BCUT2D eigenvalue weighted by molar-refractivity contribution is 7.90. The van der Waals surface area contributed by atoms with Crippen LogP contribution in [-0.4, -0.2) is 25.7 Å². The van der Waals surface area contributed by atoms with Gasteiger partial charge in [-0.05, 0) is 42.0 Å². The van der Waals surface area contributed by atoms with Gasteiger partial charge < -0.3 is 5.11 Å². The molecule has 0 heterocycles. The highest BCUT2D eigenvalue weighted by atomic mass is 32.2. The monoisotopic (exact) mass is 308 g/mol. The number of hydrogen-bond acceptors (Lipinski definition) is 3. The summed E-state index contributed by atoms with van der Waals surface area (Å²) in [6.07, 6.45) is 7.85. The summed E-state index contributed by atoms with van der Waals surface area (Å²) in [5.74, 6) is -0.707. The molecule has 1 N–H and O–H groups in total. The Labute approximate surface area is 125 Å². The number of sulfone groups is 1. The summed E-state index contributed by atoms with van der Waals surface area (Å²) in [7, 11) is -3.23. The van der Waals surface area contributed by atoms with E-state index in [1.165, 1.54) is 12.5 Å². The maximum Gasteiger partial charge on any atom is 0.328 e. The molecular formula is C16H20O4S. The number of carboxylic acids is 1. The molecule has 0 spiro atoms. The number of carboxylic acid groups (broad SMARTS) is 1. The van der Waals surface area contributed by atoms with Gasteiger partial charge in [-0.25, -0.2) is 13.2 Å². The van der Waals surface area contributed by atoms with Gasteiger partial charge in [0.15, 0.2) is 9.84 Å². The van der Waals surface area contributed by atoms with Gasteiger partial charge in [0.25, 0.3) is 0 Å². The molecule has 1 aromatic rings. The lowest BCUT2D eigenvalue weighted by Crippen LogP contribution is -2.10. The van der Waals surface area contributed by atoms with Crippen molar-refractivity contribution in [1.82, 2.24) is 0 Å². The lowest BCUT2D eigenvalue weighted by molar-refractivity contribution is -0.131. The predicted octanol–water partition coefficient (Wildman–Crippen LogP) is 3.14. The average molecular weight is 308 g/mol. The summed E-state index contributed by atoms with van der Waals surface area (Å²) in [6.45, 7) is 0. The SMILES string of the molecule is CS(=O)(=O)c1ccc(/C(=C/C(=O)O)C2CCCCC2)cc1. The van der Waals surface area contributed by atoms with E-state index < -0.39 is 15.8 Å². The van der Waals surface area contributed by atoms with Gasteiger partial charge >= 0.3 is 5.97 Å². The third kappa shape index (κ3) is 4.17. The molecule has 0 saturated heterocycles. The number of rotatable bonds is 4. The number of allylic oxidation sites excluding steroid dienone is 1. The Bertz CT molecular complexity index is 635. The van der Waals surface area contributed by atoms with E-state index in [0.29, 0.717) is 0 Å². The second-order valence-corrected chi connectivity index (χ2v) is 7.59. The van der Waals surface area contributed by atoms with Crippen LogP contribution in [0.25, 0.3) is 5.57 Å². The Hall–Kier alpha value is -1.62. The molecule has 0 radical (unpaired) electrons. The lowest BCUT2D eigenvalue weighted by atomic mass is 9.81. The molecule has 5 heteroatoms.